The summed E-state index contributed by atoms with van der Waals surface area (Å²) in [5, 5.41) is 3.23. The molecule has 5 heteroatoms. The molecule has 1 amide bonds. The van der Waals surface area contributed by atoms with E-state index >= 15 is 0 Å². The van der Waals surface area contributed by atoms with Crippen LogP contribution in [0.15, 0.2) is 0 Å². The maximum Gasteiger partial charge on any atom is 0.255 e. The Balaban J connectivity index is 2.46. The van der Waals surface area contributed by atoms with Gasteiger partial charge in [-0.3, -0.25) is 4.79 Å². The molecule has 0 bridgehead atoms. The standard InChI is InChI=1S/C7H12Cl2N2O/c1-5-4-11(3-2-10-5)7(12)6(8)9/h5-6,10H,2-4H2,1H3. The minimum Gasteiger partial charge on any atom is -0.338 e. The van der Waals surface area contributed by atoms with Crippen LogP contribution in [0.2, 0.25) is 0 Å². The third-order valence-electron chi connectivity index (χ3n) is 1.87. The molecule has 0 radical (unpaired) electrons. The lowest BCUT2D eigenvalue weighted by molar-refractivity contribution is -0.130. The smallest absolute Gasteiger partial charge is 0.255 e. The molecule has 1 unspecified atom stereocenters. The van der Waals surface area contributed by atoms with Crippen LogP contribution in [-0.2, 0) is 4.79 Å². The highest BCUT2D eigenvalue weighted by Crippen LogP contribution is 2.09. The maximum absolute atomic E-state index is 11.3. The van der Waals surface area contributed by atoms with Crippen molar-refractivity contribution in [1.82, 2.24) is 10.2 Å². The average Bonchev–Trinajstić information content (AvgIpc) is 2.03. The second-order valence-corrected chi connectivity index (χ2v) is 4.04. The lowest BCUT2D eigenvalue weighted by Gasteiger charge is -2.32. The summed E-state index contributed by atoms with van der Waals surface area (Å²) in [7, 11) is 0. The van der Waals surface area contributed by atoms with Crippen molar-refractivity contribution in [3.8, 4) is 0 Å². The first-order valence-corrected chi connectivity index (χ1v) is 4.79. The van der Waals surface area contributed by atoms with Gasteiger partial charge in [0, 0.05) is 25.7 Å². The van der Waals surface area contributed by atoms with Gasteiger partial charge in [-0.15, -0.1) is 0 Å². The van der Waals surface area contributed by atoms with E-state index in [9.17, 15) is 4.79 Å². The summed E-state index contributed by atoms with van der Waals surface area (Å²) in [4.78, 5) is 12.0. The Bertz CT molecular complexity index is 175. The summed E-state index contributed by atoms with van der Waals surface area (Å²) >= 11 is 10.9. The van der Waals surface area contributed by atoms with E-state index in [0.717, 1.165) is 6.54 Å². The van der Waals surface area contributed by atoms with Gasteiger partial charge in [0.05, 0.1) is 0 Å². The van der Waals surface area contributed by atoms with Gasteiger partial charge in [-0.05, 0) is 6.92 Å². The van der Waals surface area contributed by atoms with Gasteiger partial charge in [0.25, 0.3) is 5.91 Å². The molecule has 1 rings (SSSR count). The summed E-state index contributed by atoms with van der Waals surface area (Å²) in [5.41, 5.74) is 0. The van der Waals surface area contributed by atoms with Crippen LogP contribution in [-0.4, -0.2) is 41.3 Å². The zero-order valence-corrected chi connectivity index (χ0v) is 8.40. The number of alkyl halides is 2. The van der Waals surface area contributed by atoms with E-state index < -0.39 is 4.84 Å². The third kappa shape index (κ3) is 2.51. The van der Waals surface area contributed by atoms with Gasteiger partial charge in [-0.2, -0.15) is 0 Å². The fourth-order valence-corrected chi connectivity index (χ4v) is 1.55. The number of hydrogen-bond donors (Lipinski definition) is 1. The van der Waals surface area contributed by atoms with E-state index in [0.29, 0.717) is 19.1 Å². The molecular weight excluding hydrogens is 199 g/mol. The van der Waals surface area contributed by atoms with Crippen LogP contribution in [0.4, 0.5) is 0 Å². The molecule has 0 aromatic carbocycles. The predicted molar refractivity (Wildman–Crippen MR) is 49.5 cm³/mol. The SMILES string of the molecule is CC1CN(C(=O)C(Cl)Cl)CCN1. The Labute approximate surface area is 82.0 Å². The molecule has 1 aliphatic rings. The molecule has 0 saturated carbocycles. The first-order valence-electron chi connectivity index (χ1n) is 3.91. The number of nitrogens with zero attached hydrogens (tertiary/aromatic N) is 1. The van der Waals surface area contributed by atoms with Crippen LogP contribution in [0.5, 0.6) is 0 Å². The van der Waals surface area contributed by atoms with E-state index in [1.165, 1.54) is 0 Å². The maximum atomic E-state index is 11.3. The second-order valence-electron chi connectivity index (χ2n) is 2.94. The second kappa shape index (κ2) is 4.30. The van der Waals surface area contributed by atoms with Crippen molar-refractivity contribution in [2.45, 2.75) is 17.8 Å². The van der Waals surface area contributed by atoms with Crippen LogP contribution < -0.4 is 5.32 Å². The van der Waals surface area contributed by atoms with E-state index in [4.69, 9.17) is 23.2 Å². The number of carbonyl (C=O) groups excluding carboxylic acids is 1. The Morgan fingerprint density at radius 1 is 1.67 bits per heavy atom. The van der Waals surface area contributed by atoms with Crippen molar-refractivity contribution >= 4 is 29.1 Å². The molecular formula is C7H12Cl2N2O. The van der Waals surface area contributed by atoms with Gasteiger partial charge in [0.15, 0.2) is 4.84 Å². The summed E-state index contributed by atoms with van der Waals surface area (Å²) in [6, 6.07) is 0.329. The number of nitrogens with one attached hydrogen (secondary N) is 1. The average molecular weight is 211 g/mol. The largest absolute Gasteiger partial charge is 0.338 e. The summed E-state index contributed by atoms with van der Waals surface area (Å²) in [6.45, 7) is 4.22. The third-order valence-corrected chi connectivity index (χ3v) is 2.24. The molecule has 0 spiro atoms. The normalized spacial score (nSPS) is 24.7. The molecule has 70 valence electrons. The highest BCUT2D eigenvalue weighted by atomic mass is 35.5. The Hall–Kier alpha value is 0.01000. The van der Waals surface area contributed by atoms with Crippen LogP contribution in [0, 0.1) is 0 Å². The first kappa shape index (κ1) is 10.1. The fraction of sp³-hybridized carbons (Fsp3) is 0.857. The van der Waals surface area contributed by atoms with Crippen LogP contribution in [0.1, 0.15) is 6.92 Å². The highest BCUT2D eigenvalue weighted by molar-refractivity contribution is 6.53. The fourth-order valence-electron chi connectivity index (χ4n) is 1.27. The lowest BCUT2D eigenvalue weighted by Crippen LogP contribution is -2.52. The van der Waals surface area contributed by atoms with E-state index in [1.54, 1.807) is 4.90 Å². The number of piperazine rings is 1. The summed E-state index contributed by atoms with van der Waals surface area (Å²) in [6.07, 6.45) is 0. The monoisotopic (exact) mass is 210 g/mol. The van der Waals surface area contributed by atoms with Gasteiger partial charge in [-0.1, -0.05) is 23.2 Å². The summed E-state index contributed by atoms with van der Waals surface area (Å²) < 4.78 is 0. The minimum absolute atomic E-state index is 0.188. The molecule has 3 nitrogen and oxygen atoms in total. The number of hydrogen-bond acceptors (Lipinski definition) is 2. The van der Waals surface area contributed by atoms with Gasteiger partial charge < -0.3 is 10.2 Å². The van der Waals surface area contributed by atoms with Crippen molar-refractivity contribution in [3.05, 3.63) is 0 Å². The Kier molecular flexibility index (Phi) is 3.62. The molecule has 1 N–H and O–H groups in total. The molecule has 1 saturated heterocycles. The van der Waals surface area contributed by atoms with Crippen molar-refractivity contribution in [3.63, 3.8) is 0 Å². The van der Waals surface area contributed by atoms with E-state index in [-0.39, 0.29) is 5.91 Å². The van der Waals surface area contributed by atoms with Gasteiger partial charge in [-0.25, -0.2) is 0 Å². The van der Waals surface area contributed by atoms with Gasteiger partial charge in [0.2, 0.25) is 0 Å². The molecule has 1 fully saturated rings. The molecule has 0 aromatic rings. The minimum atomic E-state index is -0.921. The van der Waals surface area contributed by atoms with Crippen molar-refractivity contribution in [2.24, 2.45) is 0 Å². The van der Waals surface area contributed by atoms with E-state index in [2.05, 4.69) is 5.32 Å². The van der Waals surface area contributed by atoms with Crippen molar-refractivity contribution < 1.29 is 4.79 Å². The zero-order valence-electron chi connectivity index (χ0n) is 6.89. The highest BCUT2D eigenvalue weighted by Gasteiger charge is 2.24. The first-order chi connectivity index (χ1) is 5.61. The Morgan fingerprint density at radius 3 is 2.83 bits per heavy atom. The van der Waals surface area contributed by atoms with Crippen LogP contribution in [0.25, 0.3) is 0 Å². The lowest BCUT2D eigenvalue weighted by atomic mass is 10.2. The van der Waals surface area contributed by atoms with E-state index in [1.807, 2.05) is 6.92 Å². The van der Waals surface area contributed by atoms with Gasteiger partial charge >= 0.3 is 0 Å². The molecule has 0 aromatic heterocycles. The number of carbonyl (C=O) groups is 1. The number of halogens is 2. The molecule has 1 atom stereocenters. The Morgan fingerprint density at radius 2 is 2.33 bits per heavy atom. The molecule has 12 heavy (non-hydrogen) atoms. The number of rotatable bonds is 1. The van der Waals surface area contributed by atoms with Crippen LogP contribution in [0.3, 0.4) is 0 Å². The molecule has 1 aliphatic heterocycles. The van der Waals surface area contributed by atoms with Crippen molar-refractivity contribution in [1.29, 1.82) is 0 Å². The summed E-state index contributed by atoms with van der Waals surface area (Å²) in [5.74, 6) is -0.188. The number of amides is 1. The molecule has 1 heterocycles. The molecule has 0 aliphatic carbocycles. The van der Waals surface area contributed by atoms with Crippen molar-refractivity contribution in [2.75, 3.05) is 19.6 Å². The topological polar surface area (TPSA) is 32.3 Å². The zero-order chi connectivity index (χ0) is 9.14. The predicted octanol–water partition coefficient (Wildman–Crippen LogP) is 0.610. The quantitative estimate of drug-likeness (QED) is 0.644. The van der Waals surface area contributed by atoms with Crippen LogP contribution >= 0.6 is 23.2 Å². The van der Waals surface area contributed by atoms with Gasteiger partial charge in [0.1, 0.15) is 0 Å².